The van der Waals surface area contributed by atoms with Crippen molar-refractivity contribution in [2.24, 2.45) is 22.7 Å². The van der Waals surface area contributed by atoms with Crippen LogP contribution in [0, 0.1) is 22.7 Å². The van der Waals surface area contributed by atoms with Crippen LogP contribution in [0.3, 0.4) is 0 Å². The highest BCUT2D eigenvalue weighted by molar-refractivity contribution is 6.03. The maximum atomic E-state index is 12.6. The van der Waals surface area contributed by atoms with Gasteiger partial charge in [-0.3, -0.25) is 14.4 Å². The molecule has 0 amide bonds. The summed E-state index contributed by atoms with van der Waals surface area (Å²) in [6.07, 6.45) is 2.45. The second-order valence-electron chi connectivity index (χ2n) is 8.24. The van der Waals surface area contributed by atoms with Crippen LogP contribution in [0.1, 0.15) is 59.8 Å². The normalized spacial score (nSPS) is 35.6. The molecule has 2 aliphatic carbocycles. The molecule has 1 heterocycles. The molecule has 2 bridgehead atoms. The summed E-state index contributed by atoms with van der Waals surface area (Å²) in [4.78, 5) is 37.5. The lowest BCUT2D eigenvalue weighted by molar-refractivity contribution is -0.170. The molecule has 0 spiro atoms. The first-order valence-electron chi connectivity index (χ1n) is 9.37. The van der Waals surface area contributed by atoms with Crippen LogP contribution in [0.4, 0.5) is 0 Å². The van der Waals surface area contributed by atoms with E-state index in [0.29, 0.717) is 25.9 Å². The molecule has 25 heavy (non-hydrogen) atoms. The summed E-state index contributed by atoms with van der Waals surface area (Å²) in [6.45, 7) is 7.97. The van der Waals surface area contributed by atoms with Crippen molar-refractivity contribution in [3.63, 3.8) is 0 Å². The Labute approximate surface area is 148 Å². The van der Waals surface area contributed by atoms with Crippen LogP contribution in [0.15, 0.2) is 0 Å². The molecule has 0 aromatic heterocycles. The molecule has 0 aromatic rings. The van der Waals surface area contributed by atoms with Crippen LogP contribution >= 0.6 is 0 Å². The fourth-order valence-corrected chi connectivity index (χ4v) is 4.30. The number of rotatable bonds is 7. The van der Waals surface area contributed by atoms with Gasteiger partial charge < -0.3 is 14.2 Å². The van der Waals surface area contributed by atoms with E-state index in [1.807, 2.05) is 27.7 Å². The lowest BCUT2D eigenvalue weighted by Crippen LogP contribution is -2.46. The Morgan fingerprint density at radius 2 is 2.04 bits per heavy atom. The predicted octanol–water partition coefficient (Wildman–Crippen LogP) is 2.63. The van der Waals surface area contributed by atoms with Crippen LogP contribution in [-0.2, 0) is 28.6 Å². The van der Waals surface area contributed by atoms with Gasteiger partial charge in [-0.1, -0.05) is 20.3 Å². The quantitative estimate of drug-likeness (QED) is 0.303. The van der Waals surface area contributed by atoms with Gasteiger partial charge in [0.2, 0.25) is 0 Å². The van der Waals surface area contributed by atoms with Gasteiger partial charge in [0.15, 0.2) is 5.41 Å². The van der Waals surface area contributed by atoms with Gasteiger partial charge in [-0.25, -0.2) is 0 Å². The summed E-state index contributed by atoms with van der Waals surface area (Å²) in [6, 6.07) is 0. The first-order chi connectivity index (χ1) is 11.8. The smallest absolute Gasteiger partial charge is 0.324 e. The molecule has 3 aliphatic rings. The van der Waals surface area contributed by atoms with Gasteiger partial charge >= 0.3 is 17.9 Å². The molecule has 1 aliphatic heterocycles. The Balaban J connectivity index is 1.73. The van der Waals surface area contributed by atoms with Crippen molar-refractivity contribution in [1.29, 1.82) is 0 Å². The average Bonchev–Trinajstić information content (AvgIpc) is 3.17. The minimum absolute atomic E-state index is 0.0169. The number of carbonyl (C=O) groups is 3. The van der Waals surface area contributed by atoms with E-state index in [1.54, 1.807) is 0 Å². The van der Waals surface area contributed by atoms with E-state index in [0.717, 1.165) is 12.8 Å². The standard InChI is InChI=1S/C19H28O6/c1-5-7-8-23-16(21)19-10-11-9-12(19)14(25-17(19)22)13(11)24-15(20)18(3,4)6-2/h11-14H,5-10H2,1-4H3. The third kappa shape index (κ3) is 2.64. The van der Waals surface area contributed by atoms with Crippen LogP contribution in [0.5, 0.6) is 0 Å². The number of unbranched alkanes of at least 4 members (excludes halogenated alkanes) is 1. The molecule has 0 radical (unpaired) electrons. The largest absolute Gasteiger partial charge is 0.465 e. The van der Waals surface area contributed by atoms with E-state index in [-0.39, 0.29) is 17.8 Å². The molecule has 3 fully saturated rings. The van der Waals surface area contributed by atoms with Crippen molar-refractivity contribution in [1.82, 2.24) is 0 Å². The molecule has 1 saturated heterocycles. The van der Waals surface area contributed by atoms with Gasteiger partial charge in [-0.15, -0.1) is 0 Å². The van der Waals surface area contributed by atoms with Gasteiger partial charge in [0, 0.05) is 11.8 Å². The number of carbonyl (C=O) groups excluding carboxylic acids is 3. The van der Waals surface area contributed by atoms with Crippen molar-refractivity contribution in [3.8, 4) is 0 Å². The molecule has 0 N–H and O–H groups in total. The Kier molecular flexibility index (Phi) is 4.58. The summed E-state index contributed by atoms with van der Waals surface area (Å²) in [5.41, 5.74) is -1.74. The first-order valence-corrected chi connectivity index (χ1v) is 9.37. The summed E-state index contributed by atoms with van der Waals surface area (Å²) in [5, 5.41) is 0. The zero-order valence-corrected chi connectivity index (χ0v) is 15.5. The molecular formula is C19H28O6. The predicted molar refractivity (Wildman–Crippen MR) is 88.3 cm³/mol. The van der Waals surface area contributed by atoms with Crippen molar-refractivity contribution >= 4 is 17.9 Å². The topological polar surface area (TPSA) is 78.9 Å². The Morgan fingerprint density at radius 3 is 2.68 bits per heavy atom. The number of hydrogen-bond donors (Lipinski definition) is 0. The fraction of sp³-hybridized carbons (Fsp3) is 0.842. The van der Waals surface area contributed by atoms with Crippen molar-refractivity contribution in [2.75, 3.05) is 6.61 Å². The maximum Gasteiger partial charge on any atom is 0.324 e. The van der Waals surface area contributed by atoms with Gasteiger partial charge in [-0.05, 0) is 39.5 Å². The van der Waals surface area contributed by atoms with Gasteiger partial charge in [-0.2, -0.15) is 0 Å². The summed E-state index contributed by atoms with van der Waals surface area (Å²) in [5.74, 6) is -1.48. The van der Waals surface area contributed by atoms with E-state index in [2.05, 4.69) is 0 Å². The van der Waals surface area contributed by atoms with Crippen molar-refractivity contribution < 1.29 is 28.6 Å². The Morgan fingerprint density at radius 1 is 1.32 bits per heavy atom. The SMILES string of the molecule is CCCCOC(=O)C12CC3CC1C(OC2=O)C3OC(=O)C(C)(C)CC. The third-order valence-corrected chi connectivity index (χ3v) is 6.34. The lowest BCUT2D eigenvalue weighted by Gasteiger charge is -2.32. The number of ether oxygens (including phenoxy) is 3. The molecule has 0 aromatic carbocycles. The Bertz CT molecular complexity index is 582. The second kappa shape index (κ2) is 6.29. The van der Waals surface area contributed by atoms with E-state index >= 15 is 0 Å². The second-order valence-corrected chi connectivity index (χ2v) is 8.24. The molecule has 6 nitrogen and oxygen atoms in total. The van der Waals surface area contributed by atoms with Crippen molar-refractivity contribution in [3.05, 3.63) is 0 Å². The average molecular weight is 352 g/mol. The zero-order chi connectivity index (χ0) is 18.4. The van der Waals surface area contributed by atoms with Crippen LogP contribution < -0.4 is 0 Å². The highest BCUT2D eigenvalue weighted by atomic mass is 16.6. The highest BCUT2D eigenvalue weighted by Gasteiger charge is 2.75. The van der Waals surface area contributed by atoms with E-state index < -0.39 is 35.0 Å². The van der Waals surface area contributed by atoms with E-state index in [9.17, 15) is 14.4 Å². The van der Waals surface area contributed by atoms with Crippen molar-refractivity contribution in [2.45, 2.75) is 72.0 Å². The lowest BCUT2D eigenvalue weighted by atomic mass is 9.73. The maximum absolute atomic E-state index is 12.6. The Hall–Kier alpha value is -1.59. The van der Waals surface area contributed by atoms with Crippen LogP contribution in [-0.4, -0.2) is 36.7 Å². The van der Waals surface area contributed by atoms with E-state index in [1.165, 1.54) is 0 Å². The number of fused-ring (bicyclic) bond motifs is 1. The molecule has 6 heteroatoms. The summed E-state index contributed by atoms with van der Waals surface area (Å²) in [7, 11) is 0. The molecule has 5 atom stereocenters. The minimum Gasteiger partial charge on any atom is -0.465 e. The number of esters is 3. The van der Waals surface area contributed by atoms with Gasteiger partial charge in [0.05, 0.1) is 12.0 Å². The molecule has 2 saturated carbocycles. The van der Waals surface area contributed by atoms with Crippen LogP contribution in [0.2, 0.25) is 0 Å². The molecule has 5 unspecified atom stereocenters. The zero-order valence-electron chi connectivity index (χ0n) is 15.5. The van der Waals surface area contributed by atoms with E-state index in [4.69, 9.17) is 14.2 Å². The third-order valence-electron chi connectivity index (χ3n) is 6.34. The first kappa shape index (κ1) is 18.2. The fourth-order valence-electron chi connectivity index (χ4n) is 4.30. The molecule has 3 rings (SSSR count). The van der Waals surface area contributed by atoms with Crippen LogP contribution in [0.25, 0.3) is 0 Å². The number of hydrogen-bond acceptors (Lipinski definition) is 6. The summed E-state index contributed by atoms with van der Waals surface area (Å²) < 4.78 is 16.6. The monoisotopic (exact) mass is 352 g/mol. The van der Waals surface area contributed by atoms with Gasteiger partial charge in [0.25, 0.3) is 0 Å². The minimum atomic E-state index is -1.17. The molecule has 140 valence electrons. The molecular weight excluding hydrogens is 324 g/mol. The van der Waals surface area contributed by atoms with Gasteiger partial charge in [0.1, 0.15) is 12.2 Å². The highest BCUT2D eigenvalue weighted by Crippen LogP contribution is 2.63. The summed E-state index contributed by atoms with van der Waals surface area (Å²) >= 11 is 0.